The summed E-state index contributed by atoms with van der Waals surface area (Å²) >= 11 is 1.46. The van der Waals surface area contributed by atoms with E-state index in [-0.39, 0.29) is 5.12 Å². The van der Waals surface area contributed by atoms with Crippen molar-refractivity contribution in [3.63, 3.8) is 0 Å². The summed E-state index contributed by atoms with van der Waals surface area (Å²) < 4.78 is 20.1. The highest BCUT2D eigenvalue weighted by molar-refractivity contribution is 8.13. The van der Waals surface area contributed by atoms with Crippen LogP contribution in [0, 0.1) is 0 Å². The van der Waals surface area contributed by atoms with Gasteiger partial charge in [-0.1, -0.05) is 11.8 Å². The molecule has 2 aromatic rings. The van der Waals surface area contributed by atoms with Crippen molar-refractivity contribution in [1.82, 2.24) is 4.90 Å². The number of piperazine rings is 1. The summed E-state index contributed by atoms with van der Waals surface area (Å²) in [6, 6.07) is 10.1. The van der Waals surface area contributed by atoms with Gasteiger partial charge in [-0.3, -0.25) is 9.69 Å². The van der Waals surface area contributed by atoms with Crippen LogP contribution in [0.25, 0.3) is 12.2 Å². The predicted octanol–water partition coefficient (Wildman–Crippen LogP) is 4.77. The highest BCUT2D eigenvalue weighted by Crippen LogP contribution is 2.35. The maximum Gasteiger partial charge on any atom is 0.205 e. The molecule has 8 heteroatoms. The first kappa shape index (κ1) is 31.0. The molecule has 0 aliphatic carbocycles. The number of carbonyl (C=O) groups excluding carboxylic acids is 1. The Morgan fingerprint density at radius 2 is 1.72 bits per heavy atom. The number of benzene rings is 1. The van der Waals surface area contributed by atoms with E-state index in [1.54, 1.807) is 28.3 Å². The van der Waals surface area contributed by atoms with E-state index < -0.39 is 0 Å². The number of unbranched alkanes of at least 4 members (excludes halogenated alkanes) is 2. The van der Waals surface area contributed by atoms with Crippen LogP contribution in [0.4, 0.5) is 0 Å². The third-order valence-electron chi connectivity index (χ3n) is 7.58. The topological polar surface area (TPSA) is 51.9 Å². The number of aromatic nitrogens is 1. The molecule has 1 aliphatic heterocycles. The van der Waals surface area contributed by atoms with E-state index in [4.69, 9.17) is 14.2 Å². The molecule has 0 amide bonds. The number of hydrogen-bond donors (Lipinski definition) is 0. The van der Waals surface area contributed by atoms with Gasteiger partial charge in [-0.15, -0.1) is 0 Å². The van der Waals surface area contributed by atoms with Gasteiger partial charge in [0.05, 0.1) is 53.6 Å². The Morgan fingerprint density at radius 3 is 2.36 bits per heavy atom. The first-order valence-corrected chi connectivity index (χ1v) is 15.0. The summed E-state index contributed by atoms with van der Waals surface area (Å²) in [6.07, 6.45) is 11.0. The van der Waals surface area contributed by atoms with Crippen molar-refractivity contribution in [3.05, 3.63) is 47.8 Å². The number of rotatable bonds is 15. The van der Waals surface area contributed by atoms with Gasteiger partial charge < -0.3 is 18.7 Å². The molecule has 1 aromatic heterocycles. The number of thioether (sulfide) groups is 1. The van der Waals surface area contributed by atoms with Crippen molar-refractivity contribution in [2.45, 2.75) is 39.2 Å². The average molecular weight is 558 g/mol. The molecule has 1 aromatic carbocycles. The van der Waals surface area contributed by atoms with Crippen molar-refractivity contribution < 1.29 is 28.1 Å². The first-order valence-electron chi connectivity index (χ1n) is 14.0. The number of ether oxygens (including phenoxy) is 3. The Balaban J connectivity index is 1.46. The number of likely N-dealkylation sites (N-methyl/N-ethyl adjacent to an activating group) is 1. The SMILES string of the molecule is COc1cc(OC)c(/C=C/c2cccc[n+]2CCCCN2CC[N+](C)(CCCCSC(C)=O)CC2)c(OC)c1. The van der Waals surface area contributed by atoms with Gasteiger partial charge in [0.1, 0.15) is 23.8 Å². The van der Waals surface area contributed by atoms with E-state index in [9.17, 15) is 4.79 Å². The molecule has 1 saturated heterocycles. The van der Waals surface area contributed by atoms with Gasteiger partial charge in [0.25, 0.3) is 0 Å². The third kappa shape index (κ3) is 9.85. The molecule has 214 valence electrons. The summed E-state index contributed by atoms with van der Waals surface area (Å²) in [5.74, 6) is 3.09. The van der Waals surface area contributed by atoms with E-state index in [2.05, 4.69) is 47.0 Å². The number of methoxy groups -OCH3 is 3. The predicted molar refractivity (Wildman–Crippen MR) is 160 cm³/mol. The molecule has 0 unspecified atom stereocenters. The Hall–Kier alpha value is -2.55. The quantitative estimate of drug-likeness (QED) is 0.179. The number of carbonyl (C=O) groups is 1. The smallest absolute Gasteiger partial charge is 0.205 e. The van der Waals surface area contributed by atoms with Crippen molar-refractivity contribution >= 4 is 29.0 Å². The molecular weight excluding hydrogens is 510 g/mol. The summed E-state index contributed by atoms with van der Waals surface area (Å²) in [6.45, 7) is 9.83. The van der Waals surface area contributed by atoms with E-state index in [0.29, 0.717) is 17.2 Å². The Morgan fingerprint density at radius 1 is 1.00 bits per heavy atom. The van der Waals surface area contributed by atoms with Gasteiger partial charge in [-0.2, -0.15) is 4.57 Å². The largest absolute Gasteiger partial charge is 0.496 e. The summed E-state index contributed by atoms with van der Waals surface area (Å²) in [5.41, 5.74) is 2.03. The molecule has 0 spiro atoms. The Kier molecular flexibility index (Phi) is 12.6. The second-order valence-corrected chi connectivity index (χ2v) is 11.8. The maximum atomic E-state index is 11.1. The lowest BCUT2D eigenvalue weighted by atomic mass is 10.1. The molecule has 0 atom stereocenters. The molecule has 0 saturated carbocycles. The second-order valence-electron chi connectivity index (χ2n) is 10.5. The molecule has 0 radical (unpaired) electrons. The lowest BCUT2D eigenvalue weighted by molar-refractivity contribution is -0.913. The van der Waals surface area contributed by atoms with Crippen LogP contribution in [-0.4, -0.2) is 87.9 Å². The molecule has 39 heavy (non-hydrogen) atoms. The van der Waals surface area contributed by atoms with Crippen molar-refractivity contribution in [1.29, 1.82) is 0 Å². The average Bonchev–Trinajstić information content (AvgIpc) is 2.94. The van der Waals surface area contributed by atoms with Crippen LogP contribution in [0.2, 0.25) is 0 Å². The monoisotopic (exact) mass is 557 g/mol. The van der Waals surface area contributed by atoms with Gasteiger partial charge in [0.2, 0.25) is 5.69 Å². The van der Waals surface area contributed by atoms with Gasteiger partial charge in [-0.25, -0.2) is 0 Å². The second kappa shape index (κ2) is 15.9. The number of quaternary nitrogens is 1. The third-order valence-corrected chi connectivity index (χ3v) is 8.48. The van der Waals surface area contributed by atoms with Gasteiger partial charge in [0.15, 0.2) is 11.3 Å². The zero-order valence-corrected chi connectivity index (χ0v) is 25.3. The highest BCUT2D eigenvalue weighted by Gasteiger charge is 2.27. The number of nitrogens with zero attached hydrogens (tertiary/aromatic N) is 3. The Bertz CT molecular complexity index is 1060. The first-order chi connectivity index (χ1) is 18.9. The molecular formula is C31H47N3O4S+2. The van der Waals surface area contributed by atoms with Crippen LogP contribution >= 0.6 is 11.8 Å². The van der Waals surface area contributed by atoms with Gasteiger partial charge >= 0.3 is 0 Å². The molecule has 0 bridgehead atoms. The molecule has 1 fully saturated rings. The minimum Gasteiger partial charge on any atom is -0.496 e. The molecule has 3 rings (SSSR count). The highest BCUT2D eigenvalue weighted by atomic mass is 32.2. The summed E-state index contributed by atoms with van der Waals surface area (Å²) in [4.78, 5) is 13.7. The van der Waals surface area contributed by atoms with Crippen LogP contribution in [0.3, 0.4) is 0 Å². The van der Waals surface area contributed by atoms with E-state index in [1.165, 1.54) is 61.8 Å². The standard InChI is InChI=1S/C31H47N3O4S/c1-26(35)39-23-11-10-20-34(2)21-18-32(19-22-34)15-8-9-17-33-16-7-6-12-27(33)13-14-29-30(37-4)24-28(36-3)25-31(29)38-5/h6-7,12-14,16,24-25H,8-11,15,17-23H2,1-5H3/q+2/b14-13+. The van der Waals surface area contributed by atoms with Crippen molar-refractivity contribution in [2.75, 3.05) is 73.4 Å². The maximum absolute atomic E-state index is 11.1. The summed E-state index contributed by atoms with van der Waals surface area (Å²) in [7, 11) is 7.36. The van der Waals surface area contributed by atoms with E-state index in [0.717, 1.165) is 42.9 Å². The lowest BCUT2D eigenvalue weighted by Gasteiger charge is -2.42. The van der Waals surface area contributed by atoms with Crippen LogP contribution in [0.5, 0.6) is 17.2 Å². The minimum atomic E-state index is 0.234. The summed E-state index contributed by atoms with van der Waals surface area (Å²) in [5, 5.41) is 0.234. The zero-order valence-electron chi connectivity index (χ0n) is 24.5. The lowest BCUT2D eigenvalue weighted by Crippen LogP contribution is -2.57. The molecule has 1 aliphatic rings. The van der Waals surface area contributed by atoms with Gasteiger partial charge in [-0.05, 0) is 37.9 Å². The number of aryl methyl sites for hydroxylation is 1. The van der Waals surface area contributed by atoms with E-state index in [1.807, 2.05) is 18.2 Å². The van der Waals surface area contributed by atoms with Crippen LogP contribution < -0.4 is 18.8 Å². The molecule has 0 N–H and O–H groups in total. The number of pyridine rings is 1. The van der Waals surface area contributed by atoms with Crippen LogP contribution in [-0.2, 0) is 11.3 Å². The Labute approximate surface area is 239 Å². The fraction of sp³-hybridized carbons (Fsp3) is 0.548. The van der Waals surface area contributed by atoms with Crippen molar-refractivity contribution in [3.8, 4) is 17.2 Å². The van der Waals surface area contributed by atoms with Crippen molar-refractivity contribution in [2.24, 2.45) is 0 Å². The molecule has 2 heterocycles. The normalized spacial score (nSPS) is 15.4. The fourth-order valence-corrected chi connectivity index (χ4v) is 5.71. The minimum absolute atomic E-state index is 0.234. The van der Waals surface area contributed by atoms with E-state index >= 15 is 0 Å². The van der Waals surface area contributed by atoms with Crippen LogP contribution in [0.1, 0.15) is 43.9 Å². The number of hydrogen-bond acceptors (Lipinski definition) is 6. The van der Waals surface area contributed by atoms with Crippen LogP contribution in [0.15, 0.2) is 36.5 Å². The zero-order chi connectivity index (χ0) is 28.1. The van der Waals surface area contributed by atoms with Gasteiger partial charge in [0, 0.05) is 62.5 Å². The fourth-order valence-electron chi connectivity index (χ4n) is 5.08. The molecule has 7 nitrogen and oxygen atoms in total.